The lowest BCUT2D eigenvalue weighted by Crippen LogP contribution is -2.40. The van der Waals surface area contributed by atoms with Crippen molar-refractivity contribution in [2.45, 2.75) is 37.6 Å². The molecule has 140 valence electrons. The number of piperidine rings is 1. The second kappa shape index (κ2) is 10.7. The molecule has 1 heterocycles. The van der Waals surface area contributed by atoms with Crippen LogP contribution in [-0.4, -0.2) is 62.3 Å². The van der Waals surface area contributed by atoms with Crippen molar-refractivity contribution < 1.29 is 0 Å². The van der Waals surface area contributed by atoms with Crippen molar-refractivity contribution >= 4 is 17.7 Å². The molecule has 0 bridgehead atoms. The van der Waals surface area contributed by atoms with Gasteiger partial charge in [-0.05, 0) is 68.8 Å². The minimum atomic E-state index is 0.859. The van der Waals surface area contributed by atoms with E-state index in [4.69, 9.17) is 0 Å². The molecule has 1 aromatic rings. The molecular formula is C20H34N4S. The van der Waals surface area contributed by atoms with Crippen molar-refractivity contribution in [2.75, 3.05) is 46.5 Å². The topological polar surface area (TPSA) is 30.9 Å². The first-order valence-corrected chi connectivity index (χ1v) is 10.7. The SMILES string of the molecule is CCN1CCC(CCNC(=NC)N(C)Cc2ccc(SC)cc2)CC1. The van der Waals surface area contributed by atoms with Crippen LogP contribution in [0.5, 0.6) is 0 Å². The van der Waals surface area contributed by atoms with Gasteiger partial charge in [-0.2, -0.15) is 0 Å². The van der Waals surface area contributed by atoms with Crippen molar-refractivity contribution in [1.82, 2.24) is 15.1 Å². The standard InChI is InChI=1S/C20H34N4S/c1-5-24-14-11-17(12-15-24)10-13-22-20(21-2)23(3)16-18-6-8-19(25-4)9-7-18/h6-9,17H,5,10-16H2,1-4H3,(H,21,22). The first-order valence-electron chi connectivity index (χ1n) is 9.43. The van der Waals surface area contributed by atoms with E-state index in [0.717, 1.165) is 25.0 Å². The van der Waals surface area contributed by atoms with Crippen molar-refractivity contribution in [1.29, 1.82) is 0 Å². The Bertz CT molecular complexity index is 521. The lowest BCUT2D eigenvalue weighted by Gasteiger charge is -2.31. The monoisotopic (exact) mass is 362 g/mol. The molecule has 0 spiro atoms. The van der Waals surface area contributed by atoms with Crippen LogP contribution in [0.2, 0.25) is 0 Å². The van der Waals surface area contributed by atoms with E-state index in [2.05, 4.69) is 64.6 Å². The van der Waals surface area contributed by atoms with Gasteiger partial charge < -0.3 is 15.1 Å². The highest BCUT2D eigenvalue weighted by molar-refractivity contribution is 7.98. The molecule has 1 N–H and O–H groups in total. The molecule has 1 fully saturated rings. The molecule has 0 unspecified atom stereocenters. The van der Waals surface area contributed by atoms with E-state index in [1.54, 1.807) is 11.8 Å². The fraction of sp³-hybridized carbons (Fsp3) is 0.650. The van der Waals surface area contributed by atoms with Crippen LogP contribution in [0, 0.1) is 5.92 Å². The van der Waals surface area contributed by atoms with Crippen LogP contribution in [-0.2, 0) is 6.54 Å². The van der Waals surface area contributed by atoms with Crippen LogP contribution < -0.4 is 5.32 Å². The van der Waals surface area contributed by atoms with Crippen LogP contribution in [0.3, 0.4) is 0 Å². The number of aliphatic imine (C=N–C) groups is 1. The quantitative estimate of drug-likeness (QED) is 0.457. The van der Waals surface area contributed by atoms with Gasteiger partial charge in [-0.1, -0.05) is 19.1 Å². The number of nitrogens with one attached hydrogen (secondary N) is 1. The Morgan fingerprint density at radius 3 is 2.52 bits per heavy atom. The van der Waals surface area contributed by atoms with Crippen molar-refractivity contribution in [3.05, 3.63) is 29.8 Å². The first kappa shape index (κ1) is 20.1. The van der Waals surface area contributed by atoms with Gasteiger partial charge in [-0.15, -0.1) is 11.8 Å². The van der Waals surface area contributed by atoms with Crippen LogP contribution in [0.1, 0.15) is 31.7 Å². The van der Waals surface area contributed by atoms with Gasteiger partial charge in [0.05, 0.1) is 0 Å². The number of hydrogen-bond donors (Lipinski definition) is 1. The van der Waals surface area contributed by atoms with Crippen molar-refractivity contribution in [3.8, 4) is 0 Å². The molecule has 1 aromatic carbocycles. The summed E-state index contributed by atoms with van der Waals surface area (Å²) in [6.07, 6.45) is 6.03. The highest BCUT2D eigenvalue weighted by Gasteiger charge is 2.17. The van der Waals surface area contributed by atoms with E-state index in [1.807, 2.05) is 7.05 Å². The molecule has 5 heteroatoms. The normalized spacial score (nSPS) is 16.9. The van der Waals surface area contributed by atoms with Gasteiger partial charge in [0.1, 0.15) is 0 Å². The first-order chi connectivity index (χ1) is 12.2. The summed E-state index contributed by atoms with van der Waals surface area (Å²) >= 11 is 1.78. The van der Waals surface area contributed by atoms with E-state index in [9.17, 15) is 0 Å². The molecule has 1 saturated heterocycles. The number of thioether (sulfide) groups is 1. The van der Waals surface area contributed by atoms with Gasteiger partial charge >= 0.3 is 0 Å². The molecule has 0 radical (unpaired) electrons. The third kappa shape index (κ3) is 6.55. The summed E-state index contributed by atoms with van der Waals surface area (Å²) < 4.78 is 0. The predicted molar refractivity (Wildman–Crippen MR) is 111 cm³/mol. The highest BCUT2D eigenvalue weighted by Crippen LogP contribution is 2.19. The number of nitrogens with zero attached hydrogens (tertiary/aromatic N) is 3. The summed E-state index contributed by atoms with van der Waals surface area (Å²) in [6.45, 7) is 7.88. The van der Waals surface area contributed by atoms with Gasteiger partial charge in [-0.3, -0.25) is 4.99 Å². The Morgan fingerprint density at radius 1 is 1.28 bits per heavy atom. The molecule has 0 aliphatic carbocycles. The summed E-state index contributed by atoms with van der Waals surface area (Å²) in [7, 11) is 3.98. The molecule has 1 aliphatic rings. The predicted octanol–water partition coefficient (Wildman–Crippen LogP) is 3.54. The lowest BCUT2D eigenvalue weighted by molar-refractivity contribution is 0.187. The van der Waals surface area contributed by atoms with Crippen LogP contribution in [0.15, 0.2) is 34.2 Å². The average molecular weight is 363 g/mol. The van der Waals surface area contributed by atoms with Gasteiger partial charge in [0, 0.05) is 32.1 Å². The Hall–Kier alpha value is -1.20. The summed E-state index contributed by atoms with van der Waals surface area (Å²) in [6, 6.07) is 8.79. The Labute approximate surface area is 158 Å². The van der Waals surface area contributed by atoms with E-state index in [1.165, 1.54) is 49.4 Å². The maximum Gasteiger partial charge on any atom is 0.193 e. The molecule has 0 amide bonds. The molecule has 0 atom stereocenters. The maximum absolute atomic E-state index is 4.44. The van der Waals surface area contributed by atoms with Crippen LogP contribution >= 0.6 is 11.8 Å². The maximum atomic E-state index is 4.44. The van der Waals surface area contributed by atoms with E-state index < -0.39 is 0 Å². The molecule has 0 aromatic heterocycles. The lowest BCUT2D eigenvalue weighted by atomic mass is 9.93. The van der Waals surface area contributed by atoms with Crippen LogP contribution in [0.4, 0.5) is 0 Å². The summed E-state index contributed by atoms with van der Waals surface area (Å²) in [5.74, 6) is 1.85. The molecular weight excluding hydrogens is 328 g/mol. The van der Waals surface area contributed by atoms with Crippen LogP contribution in [0.25, 0.3) is 0 Å². The number of rotatable bonds is 7. The van der Waals surface area contributed by atoms with E-state index in [0.29, 0.717) is 0 Å². The van der Waals surface area contributed by atoms with Gasteiger partial charge in [0.25, 0.3) is 0 Å². The van der Waals surface area contributed by atoms with E-state index in [-0.39, 0.29) is 0 Å². The number of benzene rings is 1. The van der Waals surface area contributed by atoms with Gasteiger partial charge in [0.15, 0.2) is 5.96 Å². The summed E-state index contributed by atoms with van der Waals surface area (Å²) in [5.41, 5.74) is 1.31. The minimum absolute atomic E-state index is 0.859. The van der Waals surface area contributed by atoms with E-state index >= 15 is 0 Å². The minimum Gasteiger partial charge on any atom is -0.356 e. The summed E-state index contributed by atoms with van der Waals surface area (Å²) in [5, 5.41) is 3.54. The number of likely N-dealkylation sites (tertiary alicyclic amines) is 1. The molecule has 4 nitrogen and oxygen atoms in total. The largest absolute Gasteiger partial charge is 0.356 e. The second-order valence-electron chi connectivity index (χ2n) is 6.84. The fourth-order valence-corrected chi connectivity index (χ4v) is 3.85. The zero-order valence-corrected chi connectivity index (χ0v) is 17.1. The van der Waals surface area contributed by atoms with Gasteiger partial charge in [-0.25, -0.2) is 0 Å². The van der Waals surface area contributed by atoms with Gasteiger partial charge in [0.2, 0.25) is 0 Å². The Kier molecular flexibility index (Phi) is 8.62. The highest BCUT2D eigenvalue weighted by atomic mass is 32.2. The van der Waals surface area contributed by atoms with Crippen molar-refractivity contribution in [3.63, 3.8) is 0 Å². The van der Waals surface area contributed by atoms with Crippen molar-refractivity contribution in [2.24, 2.45) is 10.9 Å². The average Bonchev–Trinajstić information content (AvgIpc) is 2.66. The molecule has 2 rings (SSSR count). The zero-order valence-electron chi connectivity index (χ0n) is 16.3. The second-order valence-corrected chi connectivity index (χ2v) is 7.72. The molecule has 0 saturated carbocycles. The summed E-state index contributed by atoms with van der Waals surface area (Å²) in [4.78, 5) is 10.5. The molecule has 25 heavy (non-hydrogen) atoms. The Balaban J connectivity index is 1.73. The smallest absolute Gasteiger partial charge is 0.193 e. The number of guanidine groups is 1. The third-order valence-electron chi connectivity index (χ3n) is 5.14. The Morgan fingerprint density at radius 2 is 1.96 bits per heavy atom. The number of hydrogen-bond acceptors (Lipinski definition) is 3. The molecule has 1 aliphatic heterocycles. The fourth-order valence-electron chi connectivity index (χ4n) is 3.44. The third-order valence-corrected chi connectivity index (χ3v) is 5.89. The zero-order chi connectivity index (χ0) is 18.1.